The summed E-state index contributed by atoms with van der Waals surface area (Å²) in [6, 6.07) is 13.3. The third-order valence-electron chi connectivity index (χ3n) is 3.97. The number of aryl methyl sites for hydroxylation is 1. The Labute approximate surface area is 152 Å². The van der Waals surface area contributed by atoms with Gasteiger partial charge in [-0.25, -0.2) is 0 Å². The maximum absolute atomic E-state index is 8.88. The van der Waals surface area contributed by atoms with Crippen molar-refractivity contribution in [3.8, 4) is 17.6 Å². The number of hydrogen-bond donors (Lipinski definition) is 2. The van der Waals surface area contributed by atoms with Gasteiger partial charge in [0.15, 0.2) is 11.5 Å². The monoisotopic (exact) mass is 351 g/mol. The first-order valence-corrected chi connectivity index (χ1v) is 7.91. The van der Waals surface area contributed by atoms with Gasteiger partial charge in [0.05, 0.1) is 37.6 Å². The van der Waals surface area contributed by atoms with Crippen LogP contribution in [0.15, 0.2) is 42.6 Å². The van der Waals surface area contributed by atoms with Crippen LogP contribution in [0, 0.1) is 18.3 Å². The summed E-state index contributed by atoms with van der Waals surface area (Å²) in [4.78, 5) is 4.16. The maximum atomic E-state index is 8.88. The van der Waals surface area contributed by atoms with E-state index in [1.165, 1.54) is 6.20 Å². The molecule has 0 radical (unpaired) electrons. The third-order valence-corrected chi connectivity index (χ3v) is 3.97. The number of rotatable bonds is 3. The van der Waals surface area contributed by atoms with E-state index in [0.29, 0.717) is 33.7 Å². The lowest BCUT2D eigenvalue weighted by atomic mass is 10.1. The molecule has 0 fully saturated rings. The third kappa shape index (κ3) is 4.02. The number of methoxy groups -OCH3 is 2. The number of aromatic nitrogens is 1. The van der Waals surface area contributed by atoms with Gasteiger partial charge in [-0.3, -0.25) is 4.98 Å². The molecule has 0 saturated carbocycles. The normalized spacial score (nSPS) is 9.81. The Hall–Kier alpha value is -3.30. The molecule has 0 spiro atoms. The molecule has 0 bridgehead atoms. The first-order chi connectivity index (χ1) is 12.5. The van der Waals surface area contributed by atoms with Crippen LogP contribution in [0.5, 0.6) is 11.5 Å². The number of pyridine rings is 1. The van der Waals surface area contributed by atoms with Crippen molar-refractivity contribution in [1.29, 1.82) is 5.26 Å². The second kappa shape index (κ2) is 8.70. The lowest BCUT2D eigenvalue weighted by Crippen LogP contribution is -1.96. The lowest BCUT2D eigenvalue weighted by molar-refractivity contribution is 0.281. The van der Waals surface area contributed by atoms with Gasteiger partial charge in [-0.05, 0) is 24.1 Å². The average Bonchev–Trinajstić information content (AvgIpc) is 2.68. The van der Waals surface area contributed by atoms with Crippen molar-refractivity contribution in [2.45, 2.75) is 13.5 Å². The number of fused-ring (bicyclic) bond motifs is 1. The van der Waals surface area contributed by atoms with Crippen LogP contribution in [0.2, 0.25) is 0 Å². The molecule has 3 rings (SSSR count). The van der Waals surface area contributed by atoms with Gasteiger partial charge >= 0.3 is 0 Å². The van der Waals surface area contributed by atoms with Gasteiger partial charge in [0.25, 0.3) is 0 Å². The molecule has 0 amide bonds. The van der Waals surface area contributed by atoms with Crippen LogP contribution in [0.4, 0.5) is 5.69 Å². The lowest BCUT2D eigenvalue weighted by Gasteiger charge is -2.10. The summed E-state index contributed by atoms with van der Waals surface area (Å²) in [5.74, 6) is 1.14. The topological polar surface area (TPSA) is 101 Å². The summed E-state index contributed by atoms with van der Waals surface area (Å²) >= 11 is 0. The Kier molecular flexibility index (Phi) is 6.36. The minimum Gasteiger partial charge on any atom is -0.493 e. The summed E-state index contributed by atoms with van der Waals surface area (Å²) in [5.41, 5.74) is 9.47. The number of hydrogen-bond acceptors (Lipinski definition) is 6. The fourth-order valence-corrected chi connectivity index (χ4v) is 2.42. The van der Waals surface area contributed by atoms with Crippen molar-refractivity contribution in [3.63, 3.8) is 0 Å². The van der Waals surface area contributed by atoms with Crippen molar-refractivity contribution in [2.24, 2.45) is 0 Å². The van der Waals surface area contributed by atoms with E-state index in [0.717, 1.165) is 11.1 Å². The molecule has 6 nitrogen and oxygen atoms in total. The number of anilines is 1. The number of nitriles is 1. The molecule has 26 heavy (non-hydrogen) atoms. The fourth-order valence-electron chi connectivity index (χ4n) is 2.42. The van der Waals surface area contributed by atoms with Crippen molar-refractivity contribution >= 4 is 16.6 Å². The number of nitrogens with two attached hydrogens (primary N) is 1. The summed E-state index contributed by atoms with van der Waals surface area (Å²) < 4.78 is 10.4. The predicted octanol–water partition coefficient (Wildman–Crippen LogP) is 3.19. The van der Waals surface area contributed by atoms with Crippen LogP contribution >= 0.6 is 0 Å². The van der Waals surface area contributed by atoms with Gasteiger partial charge in [0.1, 0.15) is 6.07 Å². The van der Waals surface area contributed by atoms with E-state index in [1.807, 2.05) is 37.3 Å². The number of benzene rings is 2. The highest BCUT2D eigenvalue weighted by molar-refractivity contribution is 5.94. The molecule has 134 valence electrons. The average molecular weight is 351 g/mol. The van der Waals surface area contributed by atoms with E-state index >= 15 is 0 Å². The standard InChI is InChI=1S/C12H11N3O2.C8H10O/c1-16-10-3-8-9(4-11(10)17-2)15-6-7(5-13)12(8)14;1-7-4-2-3-5-8(7)6-9/h3-4,6H,1-2H3,(H2,14,15);2-5,9H,6H2,1H3. The molecule has 3 N–H and O–H groups in total. The van der Waals surface area contributed by atoms with Crippen LogP contribution in [0.3, 0.4) is 0 Å². The van der Waals surface area contributed by atoms with Gasteiger partial charge in [-0.15, -0.1) is 0 Å². The molecule has 0 aliphatic rings. The molecule has 3 aromatic rings. The summed E-state index contributed by atoms with van der Waals surface area (Å²) in [7, 11) is 3.10. The number of aliphatic hydroxyl groups excluding tert-OH is 1. The van der Waals surface area contributed by atoms with E-state index in [-0.39, 0.29) is 6.61 Å². The van der Waals surface area contributed by atoms with E-state index in [4.69, 9.17) is 25.6 Å². The van der Waals surface area contributed by atoms with Gasteiger partial charge in [-0.1, -0.05) is 24.3 Å². The Morgan fingerprint density at radius 3 is 2.35 bits per heavy atom. The second-order valence-corrected chi connectivity index (χ2v) is 5.51. The molecule has 0 saturated heterocycles. The molecule has 0 unspecified atom stereocenters. The molecular weight excluding hydrogens is 330 g/mol. The van der Waals surface area contributed by atoms with Crippen LogP contribution in [0.25, 0.3) is 10.9 Å². The van der Waals surface area contributed by atoms with Crippen LogP contribution in [-0.4, -0.2) is 24.3 Å². The van der Waals surface area contributed by atoms with E-state index in [1.54, 1.807) is 26.4 Å². The van der Waals surface area contributed by atoms with E-state index < -0.39 is 0 Å². The SMILES string of the molecule is COc1cc2ncc(C#N)c(N)c2cc1OC.Cc1ccccc1CO. The van der Waals surface area contributed by atoms with Crippen molar-refractivity contribution in [3.05, 3.63) is 59.3 Å². The summed E-state index contributed by atoms with van der Waals surface area (Å²) in [5, 5.41) is 18.3. The molecular formula is C20H21N3O3. The smallest absolute Gasteiger partial charge is 0.162 e. The minimum absolute atomic E-state index is 0.146. The summed E-state index contributed by atoms with van der Waals surface area (Å²) in [6.45, 7) is 2.14. The fraction of sp³-hybridized carbons (Fsp3) is 0.200. The number of nitrogen functional groups attached to an aromatic ring is 1. The highest BCUT2D eigenvalue weighted by Crippen LogP contribution is 2.34. The number of nitrogens with zero attached hydrogens (tertiary/aromatic N) is 2. The molecule has 1 heterocycles. The molecule has 1 aromatic heterocycles. The second-order valence-electron chi connectivity index (χ2n) is 5.51. The van der Waals surface area contributed by atoms with Gasteiger partial charge < -0.3 is 20.3 Å². The summed E-state index contributed by atoms with van der Waals surface area (Å²) in [6.07, 6.45) is 1.45. The van der Waals surface area contributed by atoms with Crippen LogP contribution < -0.4 is 15.2 Å². The van der Waals surface area contributed by atoms with Gasteiger partial charge in [0.2, 0.25) is 0 Å². The van der Waals surface area contributed by atoms with E-state index in [9.17, 15) is 0 Å². The van der Waals surface area contributed by atoms with Crippen LogP contribution in [0.1, 0.15) is 16.7 Å². The van der Waals surface area contributed by atoms with Crippen molar-refractivity contribution in [2.75, 3.05) is 20.0 Å². The van der Waals surface area contributed by atoms with Crippen LogP contribution in [-0.2, 0) is 6.61 Å². The Bertz CT molecular complexity index is 949. The van der Waals surface area contributed by atoms with Gasteiger partial charge in [-0.2, -0.15) is 5.26 Å². The predicted molar refractivity (Wildman–Crippen MR) is 101 cm³/mol. The molecule has 6 heteroatoms. The first kappa shape index (κ1) is 19.0. The highest BCUT2D eigenvalue weighted by Gasteiger charge is 2.11. The largest absolute Gasteiger partial charge is 0.493 e. The zero-order valence-electron chi connectivity index (χ0n) is 15.0. The van der Waals surface area contributed by atoms with Crippen molar-refractivity contribution < 1.29 is 14.6 Å². The Morgan fingerprint density at radius 2 is 1.81 bits per heavy atom. The number of aliphatic hydroxyl groups is 1. The Morgan fingerprint density at radius 1 is 1.15 bits per heavy atom. The Balaban J connectivity index is 0.000000228. The minimum atomic E-state index is 0.146. The molecule has 0 aliphatic heterocycles. The zero-order valence-corrected chi connectivity index (χ0v) is 15.0. The number of ether oxygens (including phenoxy) is 2. The molecule has 0 aliphatic carbocycles. The zero-order chi connectivity index (χ0) is 19.1. The van der Waals surface area contributed by atoms with E-state index in [2.05, 4.69) is 4.98 Å². The highest BCUT2D eigenvalue weighted by atomic mass is 16.5. The molecule has 2 aromatic carbocycles. The molecule has 0 atom stereocenters. The van der Waals surface area contributed by atoms with Gasteiger partial charge in [0, 0.05) is 17.6 Å². The van der Waals surface area contributed by atoms with Crippen molar-refractivity contribution in [1.82, 2.24) is 4.98 Å². The maximum Gasteiger partial charge on any atom is 0.162 e. The first-order valence-electron chi connectivity index (χ1n) is 7.91. The quantitative estimate of drug-likeness (QED) is 0.751.